The van der Waals surface area contributed by atoms with E-state index >= 15 is 0 Å². The lowest BCUT2D eigenvalue weighted by Crippen LogP contribution is -2.59. The van der Waals surface area contributed by atoms with Crippen molar-refractivity contribution in [2.24, 2.45) is 0 Å². The van der Waals surface area contributed by atoms with Crippen LogP contribution in [0.5, 0.6) is 0 Å². The number of para-hydroxylation sites is 1. The smallest absolute Gasteiger partial charge is 0.340 e. The summed E-state index contributed by atoms with van der Waals surface area (Å²) in [6.07, 6.45) is 1.77. The van der Waals surface area contributed by atoms with E-state index in [4.69, 9.17) is 4.74 Å². The maximum Gasteiger partial charge on any atom is 0.340 e. The molecule has 1 aromatic rings. The largest absolute Gasteiger partial charge is 0.462 e. The molecule has 24 heavy (non-hydrogen) atoms. The van der Waals surface area contributed by atoms with Crippen LogP contribution in [0, 0.1) is 6.92 Å². The molecule has 1 aliphatic carbocycles. The lowest BCUT2D eigenvalue weighted by molar-refractivity contribution is -0.931. The number of esters is 1. The molecule has 0 aliphatic heterocycles. The van der Waals surface area contributed by atoms with E-state index in [-0.39, 0.29) is 11.4 Å². The number of amides is 1. The van der Waals surface area contributed by atoms with Crippen LogP contribution in [0.25, 0.3) is 0 Å². The summed E-state index contributed by atoms with van der Waals surface area (Å²) in [5.74, 6) is -0.391. The Labute approximate surface area is 144 Å². The second-order valence-electron chi connectivity index (χ2n) is 6.73. The molecule has 0 atom stereocenters. The van der Waals surface area contributed by atoms with Gasteiger partial charge in [-0.3, -0.25) is 4.79 Å². The molecule has 0 spiro atoms. The summed E-state index contributed by atoms with van der Waals surface area (Å²) in [7, 11) is 2.14. The van der Waals surface area contributed by atoms with Gasteiger partial charge in [0.2, 0.25) is 0 Å². The normalized spacial score (nSPS) is 15.7. The number of nitrogens with zero attached hydrogens (tertiary/aromatic N) is 1. The van der Waals surface area contributed by atoms with Crippen LogP contribution in [0.2, 0.25) is 0 Å². The number of quaternary nitrogens is 1. The third-order valence-electron chi connectivity index (χ3n) is 5.58. The Hall–Kier alpha value is -1.88. The first-order valence-corrected chi connectivity index (χ1v) is 8.78. The first kappa shape index (κ1) is 18.5. The predicted molar refractivity (Wildman–Crippen MR) is 95.0 cm³/mol. The summed E-state index contributed by atoms with van der Waals surface area (Å²) >= 11 is 0. The van der Waals surface area contributed by atoms with E-state index in [2.05, 4.69) is 26.2 Å². The molecule has 1 fully saturated rings. The van der Waals surface area contributed by atoms with Crippen molar-refractivity contribution in [1.82, 2.24) is 0 Å². The van der Waals surface area contributed by atoms with Gasteiger partial charge in [0, 0.05) is 12.8 Å². The standard InChI is InChI=1S/C19H28N2O3/c1-6-21(5,7-2)19(12-13-19)18(23)20-16-14(4)10-9-11-15(16)17(22)24-8-3/h9-11H,6-8,12-13H2,1-5H3/p+1. The number of carbonyl (C=O) groups is 2. The number of anilines is 1. The summed E-state index contributed by atoms with van der Waals surface area (Å²) in [4.78, 5) is 25.3. The van der Waals surface area contributed by atoms with Crippen molar-refractivity contribution in [2.45, 2.75) is 46.1 Å². The van der Waals surface area contributed by atoms with Crippen molar-refractivity contribution in [3.8, 4) is 0 Å². The summed E-state index contributed by atoms with van der Waals surface area (Å²) in [5.41, 5.74) is 1.48. The molecule has 0 unspecified atom stereocenters. The van der Waals surface area contributed by atoms with Crippen molar-refractivity contribution >= 4 is 17.6 Å². The second kappa shape index (κ2) is 6.93. The summed E-state index contributed by atoms with van der Waals surface area (Å²) in [6.45, 7) is 10.0. The molecular weight excluding hydrogens is 304 g/mol. The second-order valence-corrected chi connectivity index (χ2v) is 6.73. The van der Waals surface area contributed by atoms with Gasteiger partial charge in [0.25, 0.3) is 5.91 Å². The SMILES string of the molecule is CCOC(=O)c1cccc(C)c1NC(=O)C1([N+](C)(CC)CC)CC1. The highest BCUT2D eigenvalue weighted by Gasteiger charge is 2.63. The molecule has 2 rings (SSSR count). The Morgan fingerprint density at radius 2 is 1.83 bits per heavy atom. The van der Waals surface area contributed by atoms with Crippen LogP contribution in [-0.2, 0) is 9.53 Å². The zero-order chi connectivity index (χ0) is 18.0. The van der Waals surface area contributed by atoms with Gasteiger partial charge in [0.15, 0.2) is 5.54 Å². The number of nitrogens with one attached hydrogen (secondary N) is 1. The van der Waals surface area contributed by atoms with E-state index in [1.807, 2.05) is 19.1 Å². The topological polar surface area (TPSA) is 55.4 Å². The Kier molecular flexibility index (Phi) is 5.33. The van der Waals surface area contributed by atoms with Gasteiger partial charge in [0.05, 0.1) is 38.0 Å². The molecule has 1 N–H and O–H groups in total. The molecule has 1 aliphatic rings. The summed E-state index contributed by atoms with van der Waals surface area (Å²) < 4.78 is 5.84. The van der Waals surface area contributed by atoms with Crippen LogP contribution < -0.4 is 5.32 Å². The van der Waals surface area contributed by atoms with Crippen LogP contribution in [0.4, 0.5) is 5.69 Å². The van der Waals surface area contributed by atoms with E-state index in [1.165, 1.54) is 0 Å². The first-order chi connectivity index (χ1) is 11.3. The molecule has 0 heterocycles. The average Bonchev–Trinajstić information content (AvgIpc) is 3.38. The minimum Gasteiger partial charge on any atom is -0.462 e. The number of carbonyl (C=O) groups excluding carboxylic acids is 2. The van der Waals surface area contributed by atoms with Crippen molar-refractivity contribution < 1.29 is 18.8 Å². The van der Waals surface area contributed by atoms with Gasteiger partial charge < -0.3 is 14.5 Å². The quantitative estimate of drug-likeness (QED) is 0.616. The number of rotatable bonds is 7. The minimum absolute atomic E-state index is 0.00792. The number of hydrogen-bond donors (Lipinski definition) is 1. The third-order valence-corrected chi connectivity index (χ3v) is 5.58. The van der Waals surface area contributed by atoms with E-state index in [1.54, 1.807) is 13.0 Å². The number of hydrogen-bond acceptors (Lipinski definition) is 3. The highest BCUT2D eigenvalue weighted by molar-refractivity contribution is 6.05. The summed E-state index contributed by atoms with van der Waals surface area (Å²) in [6, 6.07) is 5.40. The van der Waals surface area contributed by atoms with Crippen molar-refractivity contribution in [2.75, 3.05) is 32.1 Å². The number of ether oxygens (including phenoxy) is 1. The summed E-state index contributed by atoms with van der Waals surface area (Å²) in [5, 5.41) is 3.04. The predicted octanol–water partition coefficient (Wildman–Crippen LogP) is 3.13. The van der Waals surface area contributed by atoms with E-state index in [9.17, 15) is 9.59 Å². The van der Waals surface area contributed by atoms with Gasteiger partial charge >= 0.3 is 5.97 Å². The molecule has 1 aromatic carbocycles. The fourth-order valence-corrected chi connectivity index (χ4v) is 3.40. The zero-order valence-electron chi connectivity index (χ0n) is 15.4. The van der Waals surface area contributed by atoms with Gasteiger partial charge in [0.1, 0.15) is 0 Å². The maximum atomic E-state index is 13.1. The molecule has 0 bridgehead atoms. The molecule has 5 nitrogen and oxygen atoms in total. The Morgan fingerprint density at radius 3 is 2.33 bits per heavy atom. The van der Waals surface area contributed by atoms with Gasteiger partial charge in [-0.1, -0.05) is 12.1 Å². The van der Waals surface area contributed by atoms with Gasteiger partial charge in [-0.2, -0.15) is 0 Å². The van der Waals surface area contributed by atoms with Crippen molar-refractivity contribution in [3.63, 3.8) is 0 Å². The molecule has 0 saturated heterocycles. The van der Waals surface area contributed by atoms with Crippen LogP contribution in [0.1, 0.15) is 49.5 Å². The number of likely N-dealkylation sites (N-methyl/N-ethyl adjacent to an activating group) is 1. The third kappa shape index (κ3) is 3.05. The Morgan fingerprint density at radius 1 is 1.21 bits per heavy atom. The van der Waals surface area contributed by atoms with Crippen LogP contribution >= 0.6 is 0 Å². The van der Waals surface area contributed by atoms with Crippen LogP contribution in [-0.4, -0.2) is 48.6 Å². The monoisotopic (exact) mass is 333 g/mol. The molecule has 1 amide bonds. The van der Waals surface area contributed by atoms with Crippen molar-refractivity contribution in [3.05, 3.63) is 29.3 Å². The van der Waals surface area contributed by atoms with Gasteiger partial charge in [-0.25, -0.2) is 4.79 Å². The van der Waals surface area contributed by atoms with E-state index in [0.717, 1.165) is 36.0 Å². The lowest BCUT2D eigenvalue weighted by atomic mass is 10.1. The fraction of sp³-hybridized carbons (Fsp3) is 0.579. The fourth-order valence-electron chi connectivity index (χ4n) is 3.40. The lowest BCUT2D eigenvalue weighted by Gasteiger charge is -2.40. The number of benzene rings is 1. The average molecular weight is 333 g/mol. The van der Waals surface area contributed by atoms with E-state index in [0.29, 0.717) is 17.9 Å². The molecule has 5 heteroatoms. The van der Waals surface area contributed by atoms with Crippen LogP contribution in [0.3, 0.4) is 0 Å². The molecular formula is C19H29N2O3+. The van der Waals surface area contributed by atoms with Gasteiger partial charge in [-0.15, -0.1) is 0 Å². The molecule has 132 valence electrons. The maximum absolute atomic E-state index is 13.1. The molecule has 0 radical (unpaired) electrons. The Bertz CT molecular complexity index is 631. The van der Waals surface area contributed by atoms with E-state index < -0.39 is 5.97 Å². The minimum atomic E-state index is -0.399. The molecule has 1 saturated carbocycles. The van der Waals surface area contributed by atoms with Crippen molar-refractivity contribution in [1.29, 1.82) is 0 Å². The number of aryl methyl sites for hydroxylation is 1. The van der Waals surface area contributed by atoms with Crippen LogP contribution in [0.15, 0.2) is 18.2 Å². The van der Waals surface area contributed by atoms with Gasteiger partial charge in [-0.05, 0) is 39.3 Å². The molecule has 0 aromatic heterocycles. The highest BCUT2D eigenvalue weighted by atomic mass is 16.5. The highest BCUT2D eigenvalue weighted by Crippen LogP contribution is 2.47. The first-order valence-electron chi connectivity index (χ1n) is 8.78. The zero-order valence-corrected chi connectivity index (χ0v) is 15.4. The Balaban J connectivity index is 2.32.